The van der Waals surface area contributed by atoms with Crippen LogP contribution in [-0.4, -0.2) is 66.9 Å². The SMILES string of the molecule is COC(=O)N[C@H]1C[C@H]2C[C@H]1OC[C@@H](C)Oc1ccc(cc1)-c1c(-c3cn(C)nc3F)[nH]c3ncc4c(c13)n2c(=O)n4C. The Morgan fingerprint density at radius 2 is 2.00 bits per heavy atom. The van der Waals surface area contributed by atoms with E-state index < -0.39 is 24.2 Å². The summed E-state index contributed by atoms with van der Waals surface area (Å²) in [5.74, 6) is 0.0197. The van der Waals surface area contributed by atoms with Crippen molar-refractivity contribution in [1.29, 1.82) is 0 Å². The van der Waals surface area contributed by atoms with Crippen LogP contribution in [0.3, 0.4) is 0 Å². The van der Waals surface area contributed by atoms with Crippen LogP contribution < -0.4 is 15.7 Å². The summed E-state index contributed by atoms with van der Waals surface area (Å²) in [7, 11) is 4.68. The fraction of sp³-hybridized carbons (Fsp3) is 0.379. The third-order valence-corrected chi connectivity index (χ3v) is 8.28. The van der Waals surface area contributed by atoms with Gasteiger partial charge in [-0.3, -0.25) is 13.8 Å². The summed E-state index contributed by atoms with van der Waals surface area (Å²) in [6.45, 7) is 2.19. The number of benzene rings is 1. The highest BCUT2D eigenvalue weighted by Gasteiger charge is 2.40. The van der Waals surface area contributed by atoms with E-state index >= 15 is 4.39 Å². The average molecular weight is 576 g/mol. The molecule has 4 aromatic heterocycles. The molecule has 8 rings (SSSR count). The normalized spacial score (nSPS) is 21.9. The van der Waals surface area contributed by atoms with Crippen molar-refractivity contribution >= 4 is 28.2 Å². The van der Waals surface area contributed by atoms with Gasteiger partial charge in [0.15, 0.2) is 0 Å². The topological polar surface area (TPSA) is 130 Å². The minimum atomic E-state index is -0.626. The van der Waals surface area contributed by atoms with Crippen LogP contribution in [0, 0.1) is 5.95 Å². The molecule has 4 bridgehead atoms. The van der Waals surface area contributed by atoms with Crippen LogP contribution in [-0.2, 0) is 23.6 Å². The first-order valence-electron chi connectivity index (χ1n) is 13.8. The van der Waals surface area contributed by atoms with Crippen LogP contribution in [0.15, 0.2) is 41.5 Å². The maximum atomic E-state index is 15.2. The van der Waals surface area contributed by atoms with Gasteiger partial charge in [-0.1, -0.05) is 12.1 Å². The summed E-state index contributed by atoms with van der Waals surface area (Å²) in [5, 5.41) is 7.50. The second-order valence-corrected chi connectivity index (χ2v) is 11.0. The van der Waals surface area contributed by atoms with Gasteiger partial charge in [-0.05, 0) is 37.5 Å². The number of alkyl carbamates (subject to hydrolysis) is 1. The van der Waals surface area contributed by atoms with Crippen molar-refractivity contribution in [2.45, 2.75) is 44.1 Å². The summed E-state index contributed by atoms with van der Waals surface area (Å²) in [5.41, 5.74) is 3.85. The number of H-pyrrole nitrogens is 1. The summed E-state index contributed by atoms with van der Waals surface area (Å²) >= 11 is 0. The number of carbonyl (C=O) groups excluding carboxylic acids is 1. The maximum Gasteiger partial charge on any atom is 0.407 e. The number of nitrogens with one attached hydrogen (secondary N) is 2. The number of nitrogens with zero attached hydrogens (tertiary/aromatic N) is 5. The van der Waals surface area contributed by atoms with Gasteiger partial charge in [0.05, 0.1) is 59.7 Å². The number of rotatable bonds is 2. The number of ether oxygens (including phenoxy) is 3. The first-order chi connectivity index (χ1) is 20.2. The van der Waals surface area contributed by atoms with Crippen molar-refractivity contribution < 1.29 is 23.4 Å². The Balaban J connectivity index is 1.54. The standard InChI is InChI=1S/C29H30FN7O5/c1-14-13-41-21-10-16(9-19(21)32-28(38)40-4)37-25-20(36(3)29(37)39)11-31-27-23(25)22(15-5-7-17(42-14)8-6-15)24(33-27)18-12-35(2)34-26(18)30/h5-8,11-12,14,16,19,21H,9-10,13H2,1-4H3,(H,31,33)(H,32,38)/t14-,16+,19+,21-/m1/s1. The molecule has 0 spiro atoms. The number of aromatic amines is 1. The van der Waals surface area contributed by atoms with Crippen LogP contribution in [0.2, 0.25) is 0 Å². The number of aryl methyl sites for hydroxylation is 2. The molecule has 0 saturated heterocycles. The van der Waals surface area contributed by atoms with Gasteiger partial charge in [-0.25, -0.2) is 14.6 Å². The first kappa shape index (κ1) is 26.3. The predicted octanol–water partition coefficient (Wildman–Crippen LogP) is 3.65. The van der Waals surface area contributed by atoms with E-state index in [0.717, 1.165) is 5.56 Å². The molecule has 218 valence electrons. The van der Waals surface area contributed by atoms with Gasteiger partial charge in [0.2, 0.25) is 5.95 Å². The second kappa shape index (κ2) is 9.72. The molecule has 0 unspecified atom stereocenters. The van der Waals surface area contributed by atoms with Crippen LogP contribution in [0.4, 0.5) is 9.18 Å². The molecule has 3 aliphatic rings. The molecule has 13 heteroatoms. The van der Waals surface area contributed by atoms with Crippen molar-refractivity contribution in [3.8, 4) is 28.1 Å². The molecule has 2 aliphatic heterocycles. The molecule has 0 radical (unpaired) electrons. The van der Waals surface area contributed by atoms with Crippen molar-refractivity contribution in [3.05, 3.63) is 53.1 Å². The van der Waals surface area contributed by atoms with Crippen molar-refractivity contribution in [3.63, 3.8) is 0 Å². The lowest BCUT2D eigenvalue weighted by molar-refractivity contribution is -0.00360. The van der Waals surface area contributed by atoms with E-state index in [9.17, 15) is 9.59 Å². The molecule has 4 atom stereocenters. The number of aromatic nitrogens is 6. The monoisotopic (exact) mass is 575 g/mol. The number of carbonyl (C=O) groups is 1. The molecule has 1 saturated carbocycles. The molecule has 1 fully saturated rings. The summed E-state index contributed by atoms with van der Waals surface area (Å²) < 4.78 is 37.2. The molecule has 2 N–H and O–H groups in total. The lowest BCUT2D eigenvalue weighted by Crippen LogP contribution is -2.42. The van der Waals surface area contributed by atoms with E-state index in [1.807, 2.05) is 31.2 Å². The Kier molecular flexibility index (Phi) is 6.08. The van der Waals surface area contributed by atoms with Crippen LogP contribution >= 0.6 is 0 Å². The molecule has 42 heavy (non-hydrogen) atoms. The molecule has 1 aromatic carbocycles. The quantitative estimate of drug-likeness (QED) is 0.329. The van der Waals surface area contributed by atoms with Crippen LogP contribution in [0.1, 0.15) is 25.8 Å². The summed E-state index contributed by atoms with van der Waals surface area (Å²) in [4.78, 5) is 34.1. The first-order valence-corrected chi connectivity index (χ1v) is 13.8. The minimum absolute atomic E-state index is 0.223. The Bertz CT molecular complexity index is 1900. The number of methoxy groups -OCH3 is 1. The number of fused-ring (bicyclic) bond motifs is 5. The molecule has 1 aliphatic carbocycles. The lowest BCUT2D eigenvalue weighted by atomic mass is 9.99. The third kappa shape index (κ3) is 4.06. The highest BCUT2D eigenvalue weighted by Crippen LogP contribution is 2.43. The molecule has 1 amide bonds. The van der Waals surface area contributed by atoms with Gasteiger partial charge < -0.3 is 24.5 Å². The maximum absolute atomic E-state index is 15.2. The number of amides is 1. The van der Waals surface area contributed by atoms with Gasteiger partial charge in [-0.15, -0.1) is 5.10 Å². The number of imidazole rings is 1. The van der Waals surface area contributed by atoms with E-state index in [2.05, 4.69) is 20.4 Å². The van der Waals surface area contributed by atoms with Crippen LogP contribution in [0.5, 0.6) is 5.75 Å². The van der Waals surface area contributed by atoms with Gasteiger partial charge in [0, 0.05) is 31.9 Å². The van der Waals surface area contributed by atoms with Gasteiger partial charge in [-0.2, -0.15) is 4.39 Å². The van der Waals surface area contributed by atoms with E-state index in [4.69, 9.17) is 14.2 Å². The van der Waals surface area contributed by atoms with Crippen molar-refractivity contribution in [2.24, 2.45) is 14.1 Å². The second-order valence-electron chi connectivity index (χ2n) is 11.0. The Morgan fingerprint density at radius 3 is 2.71 bits per heavy atom. The fourth-order valence-corrected chi connectivity index (χ4v) is 6.39. The fourth-order valence-electron chi connectivity index (χ4n) is 6.39. The number of halogens is 1. The number of pyridine rings is 1. The Hall–Kier alpha value is -4.65. The summed E-state index contributed by atoms with van der Waals surface area (Å²) in [6, 6.07) is 6.82. The van der Waals surface area contributed by atoms with E-state index in [0.29, 0.717) is 51.9 Å². The predicted molar refractivity (Wildman–Crippen MR) is 152 cm³/mol. The Morgan fingerprint density at radius 1 is 1.21 bits per heavy atom. The van der Waals surface area contributed by atoms with E-state index in [-0.39, 0.29) is 30.0 Å². The molecule has 5 aromatic rings. The van der Waals surface area contributed by atoms with E-state index in [1.165, 1.54) is 11.8 Å². The number of hydrogen-bond donors (Lipinski definition) is 2. The molecule has 6 heterocycles. The molecular formula is C29H30FN7O5. The highest BCUT2D eigenvalue weighted by atomic mass is 19.1. The zero-order valence-corrected chi connectivity index (χ0v) is 23.6. The molecule has 12 nitrogen and oxygen atoms in total. The third-order valence-electron chi connectivity index (χ3n) is 8.28. The average Bonchev–Trinajstić information content (AvgIpc) is 3.70. The molecular weight excluding hydrogens is 545 g/mol. The lowest BCUT2D eigenvalue weighted by Gasteiger charge is -2.23. The largest absolute Gasteiger partial charge is 0.488 e. The van der Waals surface area contributed by atoms with Crippen molar-refractivity contribution in [1.82, 2.24) is 34.2 Å². The number of hydrogen-bond acceptors (Lipinski definition) is 7. The smallest absolute Gasteiger partial charge is 0.407 e. The zero-order chi connectivity index (χ0) is 29.3. The van der Waals surface area contributed by atoms with Gasteiger partial charge >= 0.3 is 11.8 Å². The minimum Gasteiger partial charge on any atom is -0.488 e. The van der Waals surface area contributed by atoms with Crippen LogP contribution in [0.25, 0.3) is 44.5 Å². The van der Waals surface area contributed by atoms with Gasteiger partial charge in [0.25, 0.3) is 0 Å². The van der Waals surface area contributed by atoms with Crippen molar-refractivity contribution in [2.75, 3.05) is 13.7 Å². The van der Waals surface area contributed by atoms with Gasteiger partial charge in [0.1, 0.15) is 17.5 Å². The summed E-state index contributed by atoms with van der Waals surface area (Å²) in [6.07, 6.45) is 2.93. The highest BCUT2D eigenvalue weighted by molar-refractivity contribution is 6.14. The van der Waals surface area contributed by atoms with E-state index in [1.54, 1.807) is 35.6 Å². The zero-order valence-electron chi connectivity index (χ0n) is 23.6. The Labute approximate surface area is 239 Å².